The van der Waals surface area contributed by atoms with E-state index in [0.717, 1.165) is 43.7 Å². The molecule has 0 saturated carbocycles. The zero-order chi connectivity index (χ0) is 19.5. The van der Waals surface area contributed by atoms with Crippen molar-refractivity contribution < 1.29 is 9.59 Å². The fraction of sp³-hybridized carbons (Fsp3) is 0.450. The largest absolute Gasteiger partial charge is 0.370 e. The van der Waals surface area contributed by atoms with Gasteiger partial charge in [0.1, 0.15) is 0 Å². The van der Waals surface area contributed by atoms with Gasteiger partial charge in [0.2, 0.25) is 11.8 Å². The topological polar surface area (TPSA) is 65.5 Å². The number of hydrogen-bond donors (Lipinski definition) is 1. The number of halogens is 1. The lowest BCUT2D eigenvalue weighted by atomic mass is 10.1. The van der Waals surface area contributed by atoms with Gasteiger partial charge in [0.15, 0.2) is 5.13 Å². The fourth-order valence-corrected chi connectivity index (χ4v) is 4.77. The van der Waals surface area contributed by atoms with E-state index < -0.39 is 0 Å². The summed E-state index contributed by atoms with van der Waals surface area (Å²) >= 11 is 7.58. The lowest BCUT2D eigenvalue weighted by Crippen LogP contribution is -2.30. The number of carbonyl (C=O) groups is 2. The van der Waals surface area contributed by atoms with Crippen LogP contribution in [0, 0.1) is 0 Å². The Morgan fingerprint density at radius 3 is 2.75 bits per heavy atom. The fourth-order valence-electron chi connectivity index (χ4n) is 3.73. The zero-order valence-electron chi connectivity index (χ0n) is 15.6. The number of thiazole rings is 1. The number of hydrogen-bond acceptors (Lipinski definition) is 5. The van der Waals surface area contributed by atoms with Crippen LogP contribution in [-0.4, -0.2) is 36.4 Å². The first-order valence-corrected chi connectivity index (χ1v) is 10.9. The van der Waals surface area contributed by atoms with Crippen molar-refractivity contribution in [2.45, 2.75) is 38.5 Å². The molecular formula is C20H23ClN4O2S. The number of piperidine rings is 1. The number of nitrogens with one attached hydrogen (secondary N) is 1. The van der Waals surface area contributed by atoms with Crippen molar-refractivity contribution in [1.29, 1.82) is 0 Å². The Hall–Kier alpha value is -2.12. The van der Waals surface area contributed by atoms with E-state index >= 15 is 0 Å². The third-order valence-corrected chi connectivity index (χ3v) is 6.26. The summed E-state index contributed by atoms with van der Waals surface area (Å²) in [6.45, 7) is 2.69. The summed E-state index contributed by atoms with van der Waals surface area (Å²) in [6, 6.07) is 5.64. The maximum Gasteiger partial charge on any atom is 0.230 e. The Labute approximate surface area is 173 Å². The third-order valence-electron chi connectivity index (χ3n) is 5.12. The van der Waals surface area contributed by atoms with Gasteiger partial charge in [-0.15, -0.1) is 11.3 Å². The quantitative estimate of drug-likeness (QED) is 0.794. The minimum atomic E-state index is -0.134. The van der Waals surface area contributed by atoms with E-state index in [4.69, 9.17) is 11.6 Å². The summed E-state index contributed by atoms with van der Waals surface area (Å²) in [7, 11) is 0. The molecule has 0 radical (unpaired) electrons. The average Bonchev–Trinajstić information content (AvgIpc) is 3.31. The molecule has 0 atom stereocenters. The number of carbonyl (C=O) groups excluding carboxylic acids is 2. The van der Waals surface area contributed by atoms with E-state index in [2.05, 4.69) is 15.2 Å². The lowest BCUT2D eigenvalue weighted by Gasteiger charge is -2.30. The smallest absolute Gasteiger partial charge is 0.230 e. The predicted molar refractivity (Wildman–Crippen MR) is 114 cm³/mol. The Morgan fingerprint density at radius 2 is 2.00 bits per heavy atom. The molecule has 6 nitrogen and oxygen atoms in total. The molecule has 148 valence electrons. The van der Waals surface area contributed by atoms with E-state index in [1.165, 1.54) is 17.8 Å². The van der Waals surface area contributed by atoms with Crippen molar-refractivity contribution in [3.63, 3.8) is 0 Å². The summed E-state index contributed by atoms with van der Waals surface area (Å²) in [6.07, 6.45) is 5.17. The van der Waals surface area contributed by atoms with Crippen molar-refractivity contribution in [3.8, 4) is 0 Å². The molecule has 1 N–H and O–H groups in total. The highest BCUT2D eigenvalue weighted by Crippen LogP contribution is 2.31. The molecule has 4 rings (SSSR count). The number of benzene rings is 1. The Balaban J connectivity index is 1.44. The van der Waals surface area contributed by atoms with Crippen LogP contribution in [0.2, 0.25) is 5.02 Å². The molecule has 3 heterocycles. The molecule has 0 aliphatic carbocycles. The molecule has 0 unspecified atom stereocenters. The molecule has 1 aromatic heterocycles. The van der Waals surface area contributed by atoms with Gasteiger partial charge in [-0.2, -0.15) is 0 Å². The second-order valence-electron chi connectivity index (χ2n) is 7.20. The van der Waals surface area contributed by atoms with Gasteiger partial charge >= 0.3 is 0 Å². The monoisotopic (exact) mass is 418 g/mol. The van der Waals surface area contributed by atoms with Crippen LogP contribution in [0.5, 0.6) is 0 Å². The number of rotatable bonds is 5. The van der Waals surface area contributed by atoms with Crippen molar-refractivity contribution >= 4 is 51.3 Å². The summed E-state index contributed by atoms with van der Waals surface area (Å²) < 4.78 is 0. The predicted octanol–water partition coefficient (Wildman–Crippen LogP) is 4.09. The lowest BCUT2D eigenvalue weighted by molar-refractivity contribution is -0.117. The number of amides is 2. The van der Waals surface area contributed by atoms with Crippen LogP contribution in [0.3, 0.4) is 0 Å². The highest BCUT2D eigenvalue weighted by molar-refractivity contribution is 7.14. The van der Waals surface area contributed by atoms with E-state index in [9.17, 15) is 9.59 Å². The third kappa shape index (κ3) is 4.31. The molecular weight excluding hydrogens is 396 g/mol. The van der Waals surface area contributed by atoms with Gasteiger partial charge in [0.25, 0.3) is 0 Å². The van der Waals surface area contributed by atoms with Crippen LogP contribution < -0.4 is 15.1 Å². The van der Waals surface area contributed by atoms with Crippen LogP contribution in [0.4, 0.5) is 16.5 Å². The number of anilines is 3. The Morgan fingerprint density at radius 1 is 1.18 bits per heavy atom. The van der Waals surface area contributed by atoms with Crippen LogP contribution in [0.15, 0.2) is 23.6 Å². The van der Waals surface area contributed by atoms with E-state index in [-0.39, 0.29) is 18.2 Å². The molecule has 2 saturated heterocycles. The first-order valence-electron chi connectivity index (χ1n) is 9.69. The highest BCUT2D eigenvalue weighted by atomic mass is 35.5. The Bertz CT molecular complexity index is 879. The molecule has 0 bridgehead atoms. The van der Waals surface area contributed by atoms with Gasteiger partial charge in [-0.1, -0.05) is 11.6 Å². The van der Waals surface area contributed by atoms with Gasteiger partial charge in [-0.3, -0.25) is 14.5 Å². The first kappa shape index (κ1) is 19.2. The standard InChI is InChI=1S/C20H23ClN4O2S/c21-14-6-7-17(24-8-2-1-3-9-24)16(11-14)23-18(26)12-15-13-28-20(22-15)25-10-4-5-19(25)27/h6-7,11,13H,1-5,8-10,12H2,(H,23,26). The summed E-state index contributed by atoms with van der Waals surface area (Å²) in [5, 5.41) is 6.13. The van der Waals surface area contributed by atoms with Gasteiger partial charge in [0.05, 0.1) is 23.5 Å². The van der Waals surface area contributed by atoms with E-state index in [0.29, 0.717) is 28.8 Å². The normalized spacial score (nSPS) is 17.2. The second-order valence-corrected chi connectivity index (χ2v) is 8.48. The maximum atomic E-state index is 12.6. The molecule has 2 aliphatic rings. The van der Waals surface area contributed by atoms with E-state index in [1.807, 2.05) is 17.5 Å². The van der Waals surface area contributed by atoms with E-state index in [1.54, 1.807) is 11.0 Å². The molecule has 28 heavy (non-hydrogen) atoms. The van der Waals surface area contributed by atoms with Gasteiger partial charge in [-0.05, 0) is 43.9 Å². The van der Waals surface area contributed by atoms with Crippen molar-refractivity contribution in [2.24, 2.45) is 0 Å². The minimum absolute atomic E-state index is 0.107. The van der Waals surface area contributed by atoms with Crippen LogP contribution in [-0.2, 0) is 16.0 Å². The number of nitrogens with zero attached hydrogens (tertiary/aromatic N) is 3. The van der Waals surface area contributed by atoms with Gasteiger partial charge in [0, 0.05) is 36.5 Å². The molecule has 2 aromatic rings. The maximum absolute atomic E-state index is 12.6. The summed E-state index contributed by atoms with van der Waals surface area (Å²) in [5.74, 6) is -0.0272. The molecule has 2 amide bonds. The highest BCUT2D eigenvalue weighted by Gasteiger charge is 2.24. The van der Waals surface area contributed by atoms with Gasteiger partial charge in [-0.25, -0.2) is 4.98 Å². The zero-order valence-corrected chi connectivity index (χ0v) is 17.2. The first-order chi connectivity index (χ1) is 13.6. The number of aromatic nitrogens is 1. The average molecular weight is 419 g/mol. The van der Waals surface area contributed by atoms with Crippen LogP contribution in [0.25, 0.3) is 0 Å². The summed E-state index contributed by atoms with van der Waals surface area (Å²) in [5.41, 5.74) is 2.43. The molecule has 2 fully saturated rings. The minimum Gasteiger partial charge on any atom is -0.370 e. The summed E-state index contributed by atoms with van der Waals surface area (Å²) in [4.78, 5) is 33.0. The Kier molecular flexibility index (Phi) is 5.82. The van der Waals surface area contributed by atoms with Crippen LogP contribution in [0.1, 0.15) is 37.8 Å². The molecule has 0 spiro atoms. The van der Waals surface area contributed by atoms with Crippen molar-refractivity contribution in [1.82, 2.24) is 4.98 Å². The molecule has 2 aliphatic heterocycles. The van der Waals surface area contributed by atoms with Crippen molar-refractivity contribution in [3.05, 3.63) is 34.3 Å². The van der Waals surface area contributed by atoms with Crippen molar-refractivity contribution in [2.75, 3.05) is 34.8 Å². The van der Waals surface area contributed by atoms with Gasteiger partial charge < -0.3 is 10.2 Å². The van der Waals surface area contributed by atoms with Crippen LogP contribution >= 0.6 is 22.9 Å². The SMILES string of the molecule is O=C(Cc1csc(N2CCCC2=O)n1)Nc1cc(Cl)ccc1N1CCCCC1. The molecule has 1 aromatic carbocycles. The second kappa shape index (κ2) is 8.49. The molecule has 8 heteroatoms.